The number of benzene rings is 1. The van der Waals surface area contributed by atoms with Crippen molar-refractivity contribution in [2.75, 3.05) is 0 Å². The van der Waals surface area contributed by atoms with Crippen LogP contribution in [0.1, 0.15) is 56.0 Å². The Morgan fingerprint density at radius 3 is 2.42 bits per heavy atom. The number of hydrogen-bond acceptors (Lipinski definition) is 3. The first-order valence-electron chi connectivity index (χ1n) is 7.01. The molecular weight excluding hydrogens is 240 g/mol. The van der Waals surface area contributed by atoms with Crippen LogP contribution in [-0.2, 0) is 11.2 Å². The SMILES string of the molecule is CCCCc1ccc(C(=O)OC(C)CC(C)O)cc1. The van der Waals surface area contributed by atoms with E-state index in [1.54, 1.807) is 13.8 Å². The topological polar surface area (TPSA) is 46.5 Å². The third-order valence-electron chi connectivity index (χ3n) is 2.99. The van der Waals surface area contributed by atoms with Crippen LogP contribution in [0.3, 0.4) is 0 Å². The lowest BCUT2D eigenvalue weighted by atomic mass is 10.1. The fourth-order valence-corrected chi connectivity index (χ4v) is 1.97. The number of aryl methyl sites for hydroxylation is 1. The standard InChI is InChI=1S/C16H24O3/c1-4-5-6-14-7-9-15(10-8-14)16(18)19-13(3)11-12(2)17/h7-10,12-13,17H,4-6,11H2,1-3H3. The molecule has 0 aliphatic rings. The number of ether oxygens (including phenoxy) is 1. The third kappa shape index (κ3) is 5.88. The molecule has 0 amide bonds. The second-order valence-electron chi connectivity index (χ2n) is 5.10. The van der Waals surface area contributed by atoms with E-state index in [-0.39, 0.29) is 12.1 Å². The van der Waals surface area contributed by atoms with Crippen LogP contribution in [0.5, 0.6) is 0 Å². The molecule has 3 heteroatoms. The van der Waals surface area contributed by atoms with Gasteiger partial charge >= 0.3 is 5.97 Å². The molecule has 0 bridgehead atoms. The molecule has 0 aliphatic heterocycles. The summed E-state index contributed by atoms with van der Waals surface area (Å²) in [5.41, 5.74) is 1.81. The number of hydrogen-bond donors (Lipinski definition) is 1. The Kier molecular flexibility index (Phi) is 6.57. The fraction of sp³-hybridized carbons (Fsp3) is 0.562. The van der Waals surface area contributed by atoms with Crippen molar-refractivity contribution in [2.45, 2.75) is 58.7 Å². The average Bonchev–Trinajstić information content (AvgIpc) is 2.35. The number of esters is 1. The number of aliphatic hydroxyl groups excluding tert-OH is 1. The van der Waals surface area contributed by atoms with Gasteiger partial charge in [-0.1, -0.05) is 25.5 Å². The third-order valence-corrected chi connectivity index (χ3v) is 2.99. The van der Waals surface area contributed by atoms with Gasteiger partial charge in [-0.2, -0.15) is 0 Å². The van der Waals surface area contributed by atoms with Gasteiger partial charge in [0.25, 0.3) is 0 Å². The second-order valence-corrected chi connectivity index (χ2v) is 5.10. The lowest BCUT2D eigenvalue weighted by Gasteiger charge is -2.14. The molecule has 19 heavy (non-hydrogen) atoms. The molecular formula is C16H24O3. The summed E-state index contributed by atoms with van der Waals surface area (Å²) in [7, 11) is 0. The maximum Gasteiger partial charge on any atom is 0.338 e. The fourth-order valence-electron chi connectivity index (χ4n) is 1.97. The van der Waals surface area contributed by atoms with Crippen molar-refractivity contribution in [3.8, 4) is 0 Å². The normalized spacial score (nSPS) is 13.9. The highest BCUT2D eigenvalue weighted by Crippen LogP contribution is 2.11. The smallest absolute Gasteiger partial charge is 0.338 e. The molecule has 0 saturated carbocycles. The predicted molar refractivity (Wildman–Crippen MR) is 76.2 cm³/mol. The zero-order chi connectivity index (χ0) is 14.3. The molecule has 1 rings (SSSR count). The summed E-state index contributed by atoms with van der Waals surface area (Å²) in [5, 5.41) is 9.23. The van der Waals surface area contributed by atoms with Gasteiger partial charge in [0.05, 0.1) is 11.7 Å². The van der Waals surface area contributed by atoms with Crippen molar-refractivity contribution in [3.05, 3.63) is 35.4 Å². The van der Waals surface area contributed by atoms with E-state index in [2.05, 4.69) is 6.92 Å². The highest BCUT2D eigenvalue weighted by Gasteiger charge is 2.13. The molecule has 0 saturated heterocycles. The number of carbonyl (C=O) groups excluding carboxylic acids is 1. The van der Waals surface area contributed by atoms with Gasteiger partial charge in [0, 0.05) is 6.42 Å². The lowest BCUT2D eigenvalue weighted by molar-refractivity contribution is 0.0222. The Bertz CT molecular complexity index is 381. The molecule has 2 unspecified atom stereocenters. The monoisotopic (exact) mass is 264 g/mol. The Balaban J connectivity index is 2.53. The maximum absolute atomic E-state index is 11.9. The van der Waals surface area contributed by atoms with Crippen molar-refractivity contribution >= 4 is 5.97 Å². The van der Waals surface area contributed by atoms with Crippen molar-refractivity contribution < 1.29 is 14.6 Å². The summed E-state index contributed by atoms with van der Waals surface area (Å²) in [6.45, 7) is 5.64. The van der Waals surface area contributed by atoms with E-state index in [0.717, 1.165) is 12.8 Å². The van der Waals surface area contributed by atoms with Crippen LogP contribution in [0.25, 0.3) is 0 Å². The van der Waals surface area contributed by atoms with Crippen molar-refractivity contribution in [1.29, 1.82) is 0 Å². The van der Waals surface area contributed by atoms with Gasteiger partial charge in [-0.3, -0.25) is 0 Å². The van der Waals surface area contributed by atoms with Gasteiger partial charge in [0.15, 0.2) is 0 Å². The largest absolute Gasteiger partial charge is 0.459 e. The van der Waals surface area contributed by atoms with Gasteiger partial charge in [0.2, 0.25) is 0 Å². The van der Waals surface area contributed by atoms with Crippen LogP contribution in [0, 0.1) is 0 Å². The summed E-state index contributed by atoms with van der Waals surface area (Å²) in [4.78, 5) is 11.9. The second kappa shape index (κ2) is 7.95. The van der Waals surface area contributed by atoms with Crippen LogP contribution < -0.4 is 0 Å². The molecule has 2 atom stereocenters. The Morgan fingerprint density at radius 1 is 1.26 bits per heavy atom. The Morgan fingerprint density at radius 2 is 1.89 bits per heavy atom. The van der Waals surface area contributed by atoms with E-state index in [4.69, 9.17) is 4.74 Å². The first-order valence-corrected chi connectivity index (χ1v) is 7.01. The highest BCUT2D eigenvalue weighted by molar-refractivity contribution is 5.89. The Hall–Kier alpha value is -1.35. The van der Waals surface area contributed by atoms with E-state index in [1.807, 2.05) is 24.3 Å². The van der Waals surface area contributed by atoms with Gasteiger partial charge in [-0.25, -0.2) is 4.79 Å². The van der Waals surface area contributed by atoms with Crippen molar-refractivity contribution in [3.63, 3.8) is 0 Å². The maximum atomic E-state index is 11.9. The lowest BCUT2D eigenvalue weighted by Crippen LogP contribution is -2.19. The van der Waals surface area contributed by atoms with E-state index in [9.17, 15) is 9.90 Å². The molecule has 1 aromatic carbocycles. The van der Waals surface area contributed by atoms with Crippen molar-refractivity contribution in [1.82, 2.24) is 0 Å². The minimum Gasteiger partial charge on any atom is -0.459 e. The molecule has 3 nitrogen and oxygen atoms in total. The molecule has 1 aromatic rings. The van der Waals surface area contributed by atoms with Gasteiger partial charge < -0.3 is 9.84 Å². The molecule has 106 valence electrons. The van der Waals surface area contributed by atoms with Crippen LogP contribution in [0.4, 0.5) is 0 Å². The van der Waals surface area contributed by atoms with Gasteiger partial charge in [-0.05, 0) is 44.4 Å². The first kappa shape index (κ1) is 15.7. The average molecular weight is 264 g/mol. The minimum absolute atomic E-state index is 0.271. The van der Waals surface area contributed by atoms with Gasteiger partial charge in [-0.15, -0.1) is 0 Å². The molecule has 0 fully saturated rings. The molecule has 1 N–H and O–H groups in total. The van der Waals surface area contributed by atoms with E-state index in [1.165, 1.54) is 12.0 Å². The highest BCUT2D eigenvalue weighted by atomic mass is 16.5. The molecule has 0 aliphatic carbocycles. The van der Waals surface area contributed by atoms with E-state index >= 15 is 0 Å². The molecule has 0 spiro atoms. The van der Waals surface area contributed by atoms with E-state index < -0.39 is 6.10 Å². The molecule has 0 aromatic heterocycles. The summed E-state index contributed by atoms with van der Waals surface area (Å²) < 4.78 is 5.27. The van der Waals surface area contributed by atoms with E-state index in [0.29, 0.717) is 12.0 Å². The first-order chi connectivity index (χ1) is 9.02. The quantitative estimate of drug-likeness (QED) is 0.768. The van der Waals surface area contributed by atoms with Crippen LogP contribution in [0.2, 0.25) is 0 Å². The molecule has 0 heterocycles. The van der Waals surface area contributed by atoms with Gasteiger partial charge in [0.1, 0.15) is 6.10 Å². The summed E-state index contributed by atoms with van der Waals surface area (Å²) in [6, 6.07) is 7.57. The zero-order valence-corrected chi connectivity index (χ0v) is 12.1. The van der Waals surface area contributed by atoms with Crippen LogP contribution >= 0.6 is 0 Å². The van der Waals surface area contributed by atoms with Crippen LogP contribution in [-0.4, -0.2) is 23.3 Å². The number of carbonyl (C=O) groups is 1. The Labute approximate surface area is 115 Å². The number of unbranched alkanes of at least 4 members (excludes halogenated alkanes) is 1. The number of rotatable bonds is 7. The number of aliphatic hydroxyl groups is 1. The van der Waals surface area contributed by atoms with Crippen LogP contribution in [0.15, 0.2) is 24.3 Å². The molecule has 0 radical (unpaired) electrons. The summed E-state index contributed by atoms with van der Waals surface area (Å²) in [5.74, 6) is -0.324. The summed E-state index contributed by atoms with van der Waals surface area (Å²) >= 11 is 0. The van der Waals surface area contributed by atoms with Crippen molar-refractivity contribution in [2.24, 2.45) is 0 Å². The summed E-state index contributed by atoms with van der Waals surface area (Å²) in [6.07, 6.45) is 3.10. The minimum atomic E-state index is -0.459. The predicted octanol–water partition coefficient (Wildman–Crippen LogP) is 3.35. The zero-order valence-electron chi connectivity index (χ0n) is 12.1.